The Labute approximate surface area is 91.5 Å². The van der Waals surface area contributed by atoms with E-state index in [2.05, 4.69) is 11.9 Å². The van der Waals surface area contributed by atoms with Crippen molar-refractivity contribution in [2.45, 2.75) is 45.6 Å². The van der Waals surface area contributed by atoms with Gasteiger partial charge in [-0.3, -0.25) is 9.79 Å². The molecule has 0 spiro atoms. The van der Waals surface area contributed by atoms with Crippen LogP contribution < -0.4 is 5.73 Å². The molecule has 0 aromatic rings. The average molecular weight is 211 g/mol. The summed E-state index contributed by atoms with van der Waals surface area (Å²) in [5.74, 6) is 0.712. The quantitative estimate of drug-likeness (QED) is 0.560. The summed E-state index contributed by atoms with van der Waals surface area (Å²) in [6, 6.07) is -0.311. The third-order valence-electron chi connectivity index (χ3n) is 2.64. The second-order valence-electron chi connectivity index (χ2n) is 4.08. The minimum atomic E-state index is -0.311. The molecule has 1 aliphatic rings. The van der Waals surface area contributed by atoms with E-state index in [0.29, 0.717) is 5.84 Å². The Morgan fingerprint density at radius 2 is 2.07 bits per heavy atom. The van der Waals surface area contributed by atoms with Gasteiger partial charge in [-0.15, -0.1) is 0 Å². The summed E-state index contributed by atoms with van der Waals surface area (Å²) in [5.41, 5.74) is 5.70. The van der Waals surface area contributed by atoms with Crippen molar-refractivity contribution in [3.8, 4) is 0 Å². The lowest BCUT2D eigenvalue weighted by Gasteiger charge is -2.18. The molecular formula is C11H21N3O. The smallest absolute Gasteiger partial charge is 0.247 e. The Balaban J connectivity index is 2.48. The molecule has 1 saturated heterocycles. The van der Waals surface area contributed by atoms with E-state index < -0.39 is 0 Å². The number of aliphatic imine (C=N–C) groups is 1. The third kappa shape index (κ3) is 3.53. The molecule has 4 nitrogen and oxygen atoms in total. The number of amidine groups is 1. The molecule has 0 aliphatic carbocycles. The molecule has 1 fully saturated rings. The molecule has 0 radical (unpaired) electrons. The molecule has 1 atom stereocenters. The molecule has 2 N–H and O–H groups in total. The monoisotopic (exact) mass is 211 g/mol. The molecule has 1 heterocycles. The lowest BCUT2D eigenvalue weighted by molar-refractivity contribution is -0.131. The van der Waals surface area contributed by atoms with Gasteiger partial charge in [0.15, 0.2) is 0 Å². The largest absolute Gasteiger partial charge is 0.387 e. The van der Waals surface area contributed by atoms with Gasteiger partial charge < -0.3 is 10.6 Å². The van der Waals surface area contributed by atoms with E-state index in [9.17, 15) is 4.79 Å². The number of hydrogen-bond donors (Lipinski definition) is 1. The lowest BCUT2D eigenvalue weighted by atomic mass is 10.3. The molecule has 0 bridgehead atoms. The summed E-state index contributed by atoms with van der Waals surface area (Å²) in [6.45, 7) is 5.64. The van der Waals surface area contributed by atoms with E-state index in [0.717, 1.165) is 38.8 Å². The SMILES string of the molecule is CCCC(N)=NC(C)C(=O)N1CCCC1. The van der Waals surface area contributed by atoms with Crippen molar-refractivity contribution in [2.75, 3.05) is 13.1 Å². The topological polar surface area (TPSA) is 58.7 Å². The molecule has 0 saturated carbocycles. The van der Waals surface area contributed by atoms with Gasteiger partial charge in [-0.1, -0.05) is 6.92 Å². The van der Waals surface area contributed by atoms with Crippen LogP contribution in [0.5, 0.6) is 0 Å². The lowest BCUT2D eigenvalue weighted by Crippen LogP contribution is -2.35. The Morgan fingerprint density at radius 1 is 1.47 bits per heavy atom. The zero-order chi connectivity index (χ0) is 11.3. The highest BCUT2D eigenvalue weighted by atomic mass is 16.2. The second-order valence-corrected chi connectivity index (χ2v) is 4.08. The fourth-order valence-electron chi connectivity index (χ4n) is 1.83. The van der Waals surface area contributed by atoms with E-state index in [1.807, 2.05) is 11.8 Å². The zero-order valence-electron chi connectivity index (χ0n) is 9.70. The van der Waals surface area contributed by atoms with Crippen LogP contribution in [0.25, 0.3) is 0 Å². The summed E-state index contributed by atoms with van der Waals surface area (Å²) in [7, 11) is 0. The van der Waals surface area contributed by atoms with Crippen molar-refractivity contribution in [3.63, 3.8) is 0 Å². The highest BCUT2D eigenvalue weighted by molar-refractivity contribution is 5.87. The standard InChI is InChI=1S/C11H21N3O/c1-3-6-10(12)13-9(2)11(15)14-7-4-5-8-14/h9H,3-8H2,1-2H3,(H2,12,13). The van der Waals surface area contributed by atoms with E-state index in [4.69, 9.17) is 5.73 Å². The Kier molecular flexibility index (Phi) is 4.59. The maximum Gasteiger partial charge on any atom is 0.247 e. The molecule has 1 amide bonds. The predicted octanol–water partition coefficient (Wildman–Crippen LogP) is 1.15. The minimum absolute atomic E-state index is 0.117. The summed E-state index contributed by atoms with van der Waals surface area (Å²) in [6.07, 6.45) is 3.98. The van der Waals surface area contributed by atoms with E-state index in [1.165, 1.54) is 0 Å². The number of hydrogen-bond acceptors (Lipinski definition) is 2. The Bertz CT molecular complexity index is 244. The zero-order valence-corrected chi connectivity index (χ0v) is 9.70. The fourth-order valence-corrected chi connectivity index (χ4v) is 1.83. The van der Waals surface area contributed by atoms with E-state index in [-0.39, 0.29) is 11.9 Å². The van der Waals surface area contributed by atoms with Crippen LogP contribution in [-0.2, 0) is 4.79 Å². The van der Waals surface area contributed by atoms with Crippen LogP contribution in [0.15, 0.2) is 4.99 Å². The van der Waals surface area contributed by atoms with Crippen molar-refractivity contribution >= 4 is 11.7 Å². The number of carbonyl (C=O) groups is 1. The average Bonchev–Trinajstić information content (AvgIpc) is 2.69. The van der Waals surface area contributed by atoms with Gasteiger partial charge in [0.2, 0.25) is 5.91 Å². The van der Waals surface area contributed by atoms with Crippen molar-refractivity contribution in [1.82, 2.24) is 4.90 Å². The Hall–Kier alpha value is -1.06. The Morgan fingerprint density at radius 3 is 2.60 bits per heavy atom. The number of rotatable bonds is 4. The number of nitrogens with two attached hydrogens (primary N) is 1. The first kappa shape index (κ1) is 12.0. The molecule has 0 aromatic heterocycles. The molecule has 1 rings (SSSR count). The van der Waals surface area contributed by atoms with Crippen LogP contribution in [0.3, 0.4) is 0 Å². The molecule has 1 unspecified atom stereocenters. The van der Waals surface area contributed by atoms with E-state index in [1.54, 1.807) is 0 Å². The van der Waals surface area contributed by atoms with Crippen LogP contribution in [0.2, 0.25) is 0 Å². The molecule has 4 heteroatoms. The maximum atomic E-state index is 11.8. The predicted molar refractivity (Wildman–Crippen MR) is 61.8 cm³/mol. The first-order valence-corrected chi connectivity index (χ1v) is 5.76. The van der Waals surface area contributed by atoms with Gasteiger partial charge in [0.25, 0.3) is 0 Å². The summed E-state index contributed by atoms with van der Waals surface area (Å²) in [4.78, 5) is 17.9. The van der Waals surface area contributed by atoms with Crippen LogP contribution in [0, 0.1) is 0 Å². The minimum Gasteiger partial charge on any atom is -0.387 e. The van der Waals surface area contributed by atoms with Crippen molar-refractivity contribution in [1.29, 1.82) is 0 Å². The molecule has 1 aliphatic heterocycles. The van der Waals surface area contributed by atoms with Crippen molar-refractivity contribution < 1.29 is 4.79 Å². The van der Waals surface area contributed by atoms with Gasteiger partial charge in [0.05, 0.1) is 5.84 Å². The summed E-state index contributed by atoms with van der Waals surface area (Å²) < 4.78 is 0. The summed E-state index contributed by atoms with van der Waals surface area (Å²) >= 11 is 0. The molecule has 86 valence electrons. The highest BCUT2D eigenvalue weighted by Crippen LogP contribution is 2.10. The van der Waals surface area contributed by atoms with Crippen LogP contribution in [-0.4, -0.2) is 35.8 Å². The van der Waals surface area contributed by atoms with Gasteiger partial charge in [-0.2, -0.15) is 0 Å². The second kappa shape index (κ2) is 5.73. The van der Waals surface area contributed by atoms with Gasteiger partial charge >= 0.3 is 0 Å². The normalized spacial score (nSPS) is 19.3. The highest BCUT2D eigenvalue weighted by Gasteiger charge is 2.22. The fraction of sp³-hybridized carbons (Fsp3) is 0.818. The van der Waals surface area contributed by atoms with Gasteiger partial charge in [-0.25, -0.2) is 0 Å². The van der Waals surface area contributed by atoms with Crippen molar-refractivity contribution in [3.05, 3.63) is 0 Å². The van der Waals surface area contributed by atoms with Crippen LogP contribution in [0.4, 0.5) is 0 Å². The van der Waals surface area contributed by atoms with Gasteiger partial charge in [-0.05, 0) is 26.2 Å². The first-order chi connectivity index (χ1) is 7.15. The summed E-state index contributed by atoms with van der Waals surface area (Å²) in [5, 5.41) is 0. The maximum absolute atomic E-state index is 11.8. The van der Waals surface area contributed by atoms with Crippen molar-refractivity contribution in [2.24, 2.45) is 10.7 Å². The molecule has 15 heavy (non-hydrogen) atoms. The van der Waals surface area contributed by atoms with Gasteiger partial charge in [0.1, 0.15) is 6.04 Å². The molecular weight excluding hydrogens is 190 g/mol. The number of amides is 1. The number of likely N-dealkylation sites (tertiary alicyclic amines) is 1. The van der Waals surface area contributed by atoms with Crippen LogP contribution in [0.1, 0.15) is 39.5 Å². The number of nitrogens with zero attached hydrogens (tertiary/aromatic N) is 2. The van der Waals surface area contributed by atoms with E-state index >= 15 is 0 Å². The van der Waals surface area contributed by atoms with Crippen LogP contribution >= 0.6 is 0 Å². The third-order valence-corrected chi connectivity index (χ3v) is 2.64. The van der Waals surface area contributed by atoms with Gasteiger partial charge in [0, 0.05) is 19.5 Å². The molecule has 0 aromatic carbocycles. The number of carbonyl (C=O) groups excluding carboxylic acids is 1. The first-order valence-electron chi connectivity index (χ1n) is 5.76.